The first-order chi connectivity index (χ1) is 9.11. The summed E-state index contributed by atoms with van der Waals surface area (Å²) in [5.74, 6) is -1.60. The van der Waals surface area contributed by atoms with Crippen LogP contribution in [-0.2, 0) is 11.2 Å². The molecule has 1 amide bonds. The molecule has 1 heterocycles. The minimum atomic E-state index is -0.691. The Kier molecular flexibility index (Phi) is 4.47. The topological polar surface area (TPSA) is 40.5 Å². The minimum absolute atomic E-state index is 0.0395. The van der Waals surface area contributed by atoms with Crippen molar-refractivity contribution < 1.29 is 18.7 Å². The molecule has 1 fully saturated rings. The molecule has 1 aliphatic heterocycles. The highest BCUT2D eigenvalue weighted by Crippen LogP contribution is 2.18. The molecule has 0 aromatic heterocycles. The fourth-order valence-electron chi connectivity index (χ4n) is 2.40. The van der Waals surface area contributed by atoms with Crippen LogP contribution in [0.4, 0.5) is 8.78 Å². The number of rotatable bonds is 3. The number of benzene rings is 1. The molecule has 104 valence electrons. The van der Waals surface area contributed by atoms with E-state index in [9.17, 15) is 13.6 Å². The van der Waals surface area contributed by atoms with Gasteiger partial charge in [-0.15, -0.1) is 0 Å². The average Bonchev–Trinajstić information content (AvgIpc) is 2.43. The van der Waals surface area contributed by atoms with Crippen molar-refractivity contribution in [1.82, 2.24) is 4.90 Å². The van der Waals surface area contributed by atoms with Gasteiger partial charge in [0.1, 0.15) is 11.6 Å². The quantitative estimate of drug-likeness (QED) is 0.908. The van der Waals surface area contributed by atoms with Gasteiger partial charge in [-0.1, -0.05) is 6.07 Å². The highest BCUT2D eigenvalue weighted by atomic mass is 19.1. The van der Waals surface area contributed by atoms with Gasteiger partial charge in [-0.2, -0.15) is 0 Å². The Morgan fingerprint density at radius 1 is 1.37 bits per heavy atom. The summed E-state index contributed by atoms with van der Waals surface area (Å²) in [5.41, 5.74) is -0.182. The molecule has 19 heavy (non-hydrogen) atoms. The van der Waals surface area contributed by atoms with Gasteiger partial charge in [-0.05, 0) is 30.9 Å². The molecule has 1 aromatic rings. The van der Waals surface area contributed by atoms with E-state index >= 15 is 0 Å². The number of hydrogen-bond acceptors (Lipinski definition) is 2. The molecule has 1 aromatic carbocycles. The largest absolute Gasteiger partial charge is 0.396 e. The highest BCUT2D eigenvalue weighted by molar-refractivity contribution is 5.79. The average molecular weight is 269 g/mol. The van der Waals surface area contributed by atoms with E-state index in [-0.39, 0.29) is 30.4 Å². The highest BCUT2D eigenvalue weighted by Gasteiger charge is 2.24. The zero-order valence-electron chi connectivity index (χ0n) is 10.6. The number of nitrogens with zero attached hydrogens (tertiary/aromatic N) is 1. The number of carbonyl (C=O) groups excluding carboxylic acids is 1. The summed E-state index contributed by atoms with van der Waals surface area (Å²) in [4.78, 5) is 13.6. The number of amides is 1. The Morgan fingerprint density at radius 2 is 2.05 bits per heavy atom. The third kappa shape index (κ3) is 3.29. The van der Waals surface area contributed by atoms with Crippen LogP contribution in [0.15, 0.2) is 18.2 Å². The maximum Gasteiger partial charge on any atom is 0.227 e. The van der Waals surface area contributed by atoms with Crippen molar-refractivity contribution in [3.05, 3.63) is 35.4 Å². The van der Waals surface area contributed by atoms with Crippen LogP contribution in [0.2, 0.25) is 0 Å². The van der Waals surface area contributed by atoms with Crippen LogP contribution in [0.5, 0.6) is 0 Å². The number of aliphatic hydroxyl groups is 1. The van der Waals surface area contributed by atoms with Gasteiger partial charge in [0, 0.05) is 25.3 Å². The van der Waals surface area contributed by atoms with Crippen molar-refractivity contribution in [1.29, 1.82) is 0 Å². The SMILES string of the molecule is O=C(Cc1c(F)cccc1F)N1CCCC(CO)C1. The molecule has 2 rings (SSSR count). The summed E-state index contributed by atoms with van der Waals surface area (Å²) in [5, 5.41) is 9.11. The Morgan fingerprint density at radius 3 is 2.68 bits per heavy atom. The molecular weight excluding hydrogens is 252 g/mol. The fraction of sp³-hybridized carbons (Fsp3) is 0.500. The Hall–Kier alpha value is -1.49. The first-order valence-electron chi connectivity index (χ1n) is 6.43. The lowest BCUT2D eigenvalue weighted by Crippen LogP contribution is -2.41. The van der Waals surface area contributed by atoms with Crippen LogP contribution < -0.4 is 0 Å². The maximum atomic E-state index is 13.5. The first-order valence-corrected chi connectivity index (χ1v) is 6.43. The lowest BCUT2D eigenvalue weighted by Gasteiger charge is -2.32. The molecule has 0 aliphatic carbocycles. The van der Waals surface area contributed by atoms with Crippen molar-refractivity contribution in [2.45, 2.75) is 19.3 Å². The van der Waals surface area contributed by atoms with E-state index in [2.05, 4.69) is 0 Å². The van der Waals surface area contributed by atoms with Crippen molar-refractivity contribution >= 4 is 5.91 Å². The predicted molar refractivity (Wildman–Crippen MR) is 66.5 cm³/mol. The van der Waals surface area contributed by atoms with E-state index in [4.69, 9.17) is 5.11 Å². The number of likely N-dealkylation sites (tertiary alicyclic amines) is 1. The second-order valence-electron chi connectivity index (χ2n) is 4.91. The summed E-state index contributed by atoms with van der Waals surface area (Å²) in [6, 6.07) is 3.58. The first kappa shape index (κ1) is 13.9. The molecule has 1 atom stereocenters. The standard InChI is InChI=1S/C14H17F2NO2/c15-12-4-1-5-13(16)11(12)7-14(19)17-6-2-3-10(8-17)9-18/h1,4-5,10,18H,2-3,6-9H2. The molecule has 0 radical (unpaired) electrons. The van der Waals surface area contributed by atoms with Crippen LogP contribution in [-0.4, -0.2) is 35.6 Å². The number of piperidine rings is 1. The van der Waals surface area contributed by atoms with Gasteiger partial charge in [-0.3, -0.25) is 4.79 Å². The summed E-state index contributed by atoms with van der Waals surface area (Å²) in [7, 11) is 0. The maximum absolute atomic E-state index is 13.5. The lowest BCUT2D eigenvalue weighted by atomic mass is 9.98. The summed E-state index contributed by atoms with van der Waals surface area (Å²) < 4.78 is 26.9. The molecule has 1 unspecified atom stereocenters. The second-order valence-corrected chi connectivity index (χ2v) is 4.91. The Labute approximate surface area is 110 Å². The summed E-state index contributed by atoms with van der Waals surface area (Å²) >= 11 is 0. The fourth-order valence-corrected chi connectivity index (χ4v) is 2.40. The molecular formula is C14H17F2NO2. The Bertz CT molecular complexity index is 445. The van der Waals surface area contributed by atoms with E-state index in [0.717, 1.165) is 25.0 Å². The predicted octanol–water partition coefficient (Wildman–Crippen LogP) is 1.74. The molecule has 5 heteroatoms. The summed E-state index contributed by atoms with van der Waals surface area (Å²) in [6.07, 6.45) is 1.43. The number of hydrogen-bond donors (Lipinski definition) is 1. The third-order valence-electron chi connectivity index (χ3n) is 3.52. The normalized spacial score (nSPS) is 19.5. The monoisotopic (exact) mass is 269 g/mol. The minimum Gasteiger partial charge on any atom is -0.396 e. The molecule has 1 saturated heterocycles. The zero-order chi connectivity index (χ0) is 13.8. The van der Waals surface area contributed by atoms with E-state index in [1.165, 1.54) is 6.07 Å². The smallest absolute Gasteiger partial charge is 0.227 e. The zero-order valence-corrected chi connectivity index (χ0v) is 10.6. The van der Waals surface area contributed by atoms with Crippen molar-refractivity contribution in [2.75, 3.05) is 19.7 Å². The van der Waals surface area contributed by atoms with Gasteiger partial charge in [0.05, 0.1) is 6.42 Å². The Balaban J connectivity index is 2.04. The number of carbonyl (C=O) groups is 1. The van der Waals surface area contributed by atoms with Gasteiger partial charge in [-0.25, -0.2) is 8.78 Å². The molecule has 0 bridgehead atoms. The van der Waals surface area contributed by atoms with Crippen LogP contribution in [0.3, 0.4) is 0 Å². The van der Waals surface area contributed by atoms with Crippen molar-refractivity contribution in [3.63, 3.8) is 0 Å². The molecule has 3 nitrogen and oxygen atoms in total. The van der Waals surface area contributed by atoms with E-state index in [0.29, 0.717) is 13.1 Å². The summed E-state index contributed by atoms with van der Waals surface area (Å²) in [6.45, 7) is 1.09. The second kappa shape index (κ2) is 6.10. The van der Waals surface area contributed by atoms with E-state index < -0.39 is 11.6 Å². The third-order valence-corrected chi connectivity index (χ3v) is 3.52. The molecule has 1 aliphatic rings. The van der Waals surface area contributed by atoms with Crippen LogP contribution in [0.1, 0.15) is 18.4 Å². The van der Waals surface area contributed by atoms with Crippen molar-refractivity contribution in [2.24, 2.45) is 5.92 Å². The van der Waals surface area contributed by atoms with Crippen LogP contribution >= 0.6 is 0 Å². The van der Waals surface area contributed by atoms with Gasteiger partial charge >= 0.3 is 0 Å². The van der Waals surface area contributed by atoms with Gasteiger partial charge in [0.15, 0.2) is 0 Å². The van der Waals surface area contributed by atoms with Crippen LogP contribution in [0, 0.1) is 17.6 Å². The van der Waals surface area contributed by atoms with E-state index in [1.807, 2.05) is 0 Å². The lowest BCUT2D eigenvalue weighted by molar-refractivity contribution is -0.132. The molecule has 1 N–H and O–H groups in total. The van der Waals surface area contributed by atoms with Crippen molar-refractivity contribution in [3.8, 4) is 0 Å². The van der Waals surface area contributed by atoms with Crippen LogP contribution in [0.25, 0.3) is 0 Å². The van der Waals surface area contributed by atoms with Gasteiger partial charge in [0.25, 0.3) is 0 Å². The van der Waals surface area contributed by atoms with Gasteiger partial charge < -0.3 is 10.0 Å². The molecule has 0 spiro atoms. The number of aliphatic hydroxyl groups excluding tert-OH is 1. The van der Waals surface area contributed by atoms with E-state index in [1.54, 1.807) is 4.90 Å². The number of halogens is 2. The molecule has 0 saturated carbocycles. The van der Waals surface area contributed by atoms with Gasteiger partial charge in [0.2, 0.25) is 5.91 Å².